The number of hydrogen-bond acceptors (Lipinski definition) is 2. The molecule has 1 aromatic heterocycles. The molecule has 0 N–H and O–H groups in total. The summed E-state index contributed by atoms with van der Waals surface area (Å²) in [6.45, 7) is 0.483. The second-order valence-electron chi connectivity index (χ2n) is 2.78. The molecule has 0 radical (unpaired) electrons. The Morgan fingerprint density at radius 3 is 2.71 bits per heavy atom. The van der Waals surface area contributed by atoms with Crippen LogP contribution in [0.5, 0.6) is 0 Å². The highest BCUT2D eigenvalue weighted by atomic mass is 35.5. The van der Waals surface area contributed by atoms with Crippen molar-refractivity contribution in [1.29, 1.82) is 0 Å². The van der Waals surface area contributed by atoms with Crippen LogP contribution < -0.4 is 4.84 Å². The highest BCUT2D eigenvalue weighted by Crippen LogP contribution is 2.04. The van der Waals surface area contributed by atoms with Gasteiger partial charge in [-0.05, 0) is 17.2 Å². The fourth-order valence-electron chi connectivity index (χ4n) is 1.09. The van der Waals surface area contributed by atoms with E-state index in [0.717, 1.165) is 5.56 Å². The summed E-state index contributed by atoms with van der Waals surface area (Å²) >= 11 is 5.73. The lowest BCUT2D eigenvalue weighted by Crippen LogP contribution is -2.09. The molecule has 0 atom stereocenters. The van der Waals surface area contributed by atoms with Crippen molar-refractivity contribution in [2.75, 3.05) is 0 Å². The fraction of sp³-hybridized carbons (Fsp3) is 0.100. The second kappa shape index (κ2) is 4.15. The van der Waals surface area contributed by atoms with E-state index < -0.39 is 0 Å². The van der Waals surface area contributed by atoms with E-state index in [4.69, 9.17) is 16.4 Å². The predicted octanol–water partition coefficient (Wildman–Crippen LogP) is 2.17. The Bertz CT molecular complexity index is 400. The maximum atomic E-state index is 5.73. The van der Waals surface area contributed by atoms with E-state index in [1.54, 1.807) is 12.4 Å². The van der Waals surface area contributed by atoms with Crippen LogP contribution in [0.2, 0.25) is 5.28 Å². The van der Waals surface area contributed by atoms with Crippen molar-refractivity contribution in [1.82, 2.24) is 9.71 Å². The molecule has 0 fully saturated rings. The van der Waals surface area contributed by atoms with Gasteiger partial charge in [-0.1, -0.05) is 30.3 Å². The smallest absolute Gasteiger partial charge is 0.236 e. The molecule has 3 nitrogen and oxygen atoms in total. The summed E-state index contributed by atoms with van der Waals surface area (Å²) in [7, 11) is 0. The predicted molar refractivity (Wildman–Crippen MR) is 54.0 cm³/mol. The van der Waals surface area contributed by atoms with Gasteiger partial charge in [-0.2, -0.15) is 4.73 Å². The van der Waals surface area contributed by atoms with Crippen LogP contribution in [0, 0.1) is 0 Å². The molecule has 72 valence electrons. The number of aromatic nitrogens is 2. The lowest BCUT2D eigenvalue weighted by Gasteiger charge is -2.06. The number of rotatable bonds is 3. The van der Waals surface area contributed by atoms with Gasteiger partial charge in [-0.3, -0.25) is 0 Å². The number of nitrogens with zero attached hydrogens (tertiary/aromatic N) is 2. The molecule has 1 aromatic carbocycles. The molecule has 0 aliphatic carbocycles. The Balaban J connectivity index is 1.99. The Hall–Kier alpha value is -1.48. The van der Waals surface area contributed by atoms with Crippen molar-refractivity contribution in [3.05, 3.63) is 53.6 Å². The Morgan fingerprint density at radius 2 is 2.07 bits per heavy atom. The molecule has 0 amide bonds. The van der Waals surface area contributed by atoms with Crippen LogP contribution in [-0.2, 0) is 6.61 Å². The van der Waals surface area contributed by atoms with Crippen LogP contribution in [0.25, 0.3) is 0 Å². The molecule has 14 heavy (non-hydrogen) atoms. The molecule has 0 saturated carbocycles. The molecule has 0 spiro atoms. The van der Waals surface area contributed by atoms with Gasteiger partial charge in [-0.25, -0.2) is 4.98 Å². The molecule has 2 rings (SSSR count). The maximum Gasteiger partial charge on any atom is 0.236 e. The first-order chi connectivity index (χ1) is 6.86. The Kier molecular flexibility index (Phi) is 2.70. The lowest BCUT2D eigenvalue weighted by atomic mass is 10.2. The summed E-state index contributed by atoms with van der Waals surface area (Å²) in [5.41, 5.74) is 1.09. The first kappa shape index (κ1) is 9.09. The Labute approximate surface area is 86.9 Å². The van der Waals surface area contributed by atoms with Crippen LogP contribution in [-0.4, -0.2) is 9.71 Å². The van der Waals surface area contributed by atoms with Crippen LogP contribution in [0.1, 0.15) is 5.56 Å². The number of hydrogen-bond donors (Lipinski definition) is 0. The molecule has 0 saturated heterocycles. The average Bonchev–Trinajstić information content (AvgIpc) is 2.63. The van der Waals surface area contributed by atoms with Crippen LogP contribution in [0.4, 0.5) is 0 Å². The third-order valence-electron chi connectivity index (χ3n) is 1.78. The van der Waals surface area contributed by atoms with E-state index >= 15 is 0 Å². The summed E-state index contributed by atoms with van der Waals surface area (Å²) in [4.78, 5) is 9.22. The SMILES string of the molecule is Clc1nccn1OCc1ccccc1. The van der Waals surface area contributed by atoms with E-state index in [1.165, 1.54) is 4.73 Å². The average molecular weight is 209 g/mol. The Morgan fingerprint density at radius 1 is 1.29 bits per heavy atom. The summed E-state index contributed by atoms with van der Waals surface area (Å²) in [5, 5.41) is 0.334. The third-order valence-corrected chi connectivity index (χ3v) is 2.04. The normalized spacial score (nSPS) is 10.1. The summed E-state index contributed by atoms with van der Waals surface area (Å²) in [5.74, 6) is 0. The molecule has 0 aliphatic heterocycles. The summed E-state index contributed by atoms with van der Waals surface area (Å²) in [6, 6.07) is 9.88. The van der Waals surface area contributed by atoms with Gasteiger partial charge in [0.15, 0.2) is 0 Å². The first-order valence-corrected chi connectivity index (χ1v) is 4.60. The van der Waals surface area contributed by atoms with Crippen molar-refractivity contribution >= 4 is 11.6 Å². The van der Waals surface area contributed by atoms with Crippen molar-refractivity contribution in [3.63, 3.8) is 0 Å². The van der Waals surface area contributed by atoms with Crippen LogP contribution >= 0.6 is 11.6 Å². The third kappa shape index (κ3) is 2.06. The van der Waals surface area contributed by atoms with Gasteiger partial charge in [0, 0.05) is 0 Å². The monoisotopic (exact) mass is 208 g/mol. The minimum Gasteiger partial charge on any atom is -0.407 e. The van der Waals surface area contributed by atoms with Gasteiger partial charge in [-0.15, -0.1) is 0 Å². The molecule has 1 heterocycles. The topological polar surface area (TPSA) is 27.1 Å². The van der Waals surface area contributed by atoms with Crippen LogP contribution in [0.3, 0.4) is 0 Å². The molecule has 0 aliphatic rings. The zero-order chi connectivity index (χ0) is 9.80. The van der Waals surface area contributed by atoms with Gasteiger partial charge in [0.2, 0.25) is 5.28 Å². The molecular weight excluding hydrogens is 200 g/mol. The quantitative estimate of drug-likeness (QED) is 0.773. The minimum atomic E-state index is 0.334. The van der Waals surface area contributed by atoms with Gasteiger partial charge >= 0.3 is 0 Å². The lowest BCUT2D eigenvalue weighted by molar-refractivity contribution is 0.0975. The van der Waals surface area contributed by atoms with E-state index in [2.05, 4.69) is 4.98 Å². The van der Waals surface area contributed by atoms with Gasteiger partial charge in [0.05, 0.1) is 12.4 Å². The highest BCUT2D eigenvalue weighted by molar-refractivity contribution is 6.28. The van der Waals surface area contributed by atoms with Crippen molar-refractivity contribution in [3.8, 4) is 0 Å². The maximum absolute atomic E-state index is 5.73. The zero-order valence-electron chi connectivity index (χ0n) is 7.43. The summed E-state index contributed by atoms with van der Waals surface area (Å²) < 4.78 is 1.44. The van der Waals surface area contributed by atoms with Crippen molar-refractivity contribution < 1.29 is 4.84 Å². The minimum absolute atomic E-state index is 0.334. The number of halogens is 1. The molecule has 0 bridgehead atoms. The van der Waals surface area contributed by atoms with Crippen molar-refractivity contribution in [2.45, 2.75) is 6.61 Å². The van der Waals surface area contributed by atoms with E-state index in [-0.39, 0.29) is 0 Å². The van der Waals surface area contributed by atoms with Gasteiger partial charge < -0.3 is 4.84 Å². The largest absolute Gasteiger partial charge is 0.407 e. The summed E-state index contributed by atoms with van der Waals surface area (Å²) in [6.07, 6.45) is 3.26. The van der Waals surface area contributed by atoms with E-state index in [9.17, 15) is 0 Å². The van der Waals surface area contributed by atoms with Gasteiger partial charge in [0.1, 0.15) is 6.61 Å². The highest BCUT2D eigenvalue weighted by Gasteiger charge is 1.98. The standard InChI is InChI=1S/C10H9ClN2O/c11-10-12-6-7-13(10)14-8-9-4-2-1-3-5-9/h1-7H,8H2. The first-order valence-electron chi connectivity index (χ1n) is 4.22. The number of imidazole rings is 1. The second-order valence-corrected chi connectivity index (χ2v) is 3.12. The molecule has 2 aromatic rings. The molecular formula is C10H9ClN2O. The van der Waals surface area contributed by atoms with Crippen molar-refractivity contribution in [2.24, 2.45) is 0 Å². The molecule has 4 heteroatoms. The molecule has 0 unspecified atom stereocenters. The van der Waals surface area contributed by atoms with E-state index in [1.807, 2.05) is 30.3 Å². The fourth-order valence-corrected chi connectivity index (χ4v) is 1.25. The van der Waals surface area contributed by atoms with Gasteiger partial charge in [0.25, 0.3) is 0 Å². The van der Waals surface area contributed by atoms with Crippen LogP contribution in [0.15, 0.2) is 42.7 Å². The number of benzene rings is 1. The van der Waals surface area contributed by atoms with E-state index in [0.29, 0.717) is 11.9 Å². The zero-order valence-corrected chi connectivity index (χ0v) is 8.19.